The number of carbonyl (C=O) groups is 1. The number of hydrogen-bond acceptors (Lipinski definition) is 3. The van der Waals surface area contributed by atoms with E-state index in [0.717, 1.165) is 9.35 Å². The zero-order valence-corrected chi connectivity index (χ0v) is 14.2. The zero-order chi connectivity index (χ0) is 16.9. The van der Waals surface area contributed by atoms with Crippen molar-refractivity contribution in [3.05, 3.63) is 56.2 Å². The third-order valence-corrected chi connectivity index (χ3v) is 4.43. The van der Waals surface area contributed by atoms with Crippen LogP contribution < -0.4 is 5.32 Å². The van der Waals surface area contributed by atoms with Crippen LogP contribution in [0.25, 0.3) is 0 Å². The lowest BCUT2D eigenvalue weighted by Crippen LogP contribution is -2.21. The minimum Gasteiger partial charge on any atom is -0.367 e. The van der Waals surface area contributed by atoms with E-state index >= 15 is 0 Å². The number of ether oxygens (including phenoxy) is 1. The van der Waals surface area contributed by atoms with Gasteiger partial charge in [0.1, 0.15) is 6.61 Å². The summed E-state index contributed by atoms with van der Waals surface area (Å²) in [5.74, 6) is -0.168. The topological polar surface area (TPSA) is 38.3 Å². The van der Waals surface area contributed by atoms with Gasteiger partial charge in [0.2, 0.25) is 0 Å². The lowest BCUT2D eigenvalue weighted by molar-refractivity contribution is -0.176. The van der Waals surface area contributed by atoms with Crippen molar-refractivity contribution in [3.8, 4) is 0 Å². The van der Waals surface area contributed by atoms with E-state index in [1.807, 2.05) is 0 Å². The third kappa shape index (κ3) is 6.32. The number of halogens is 4. The molecule has 0 saturated heterocycles. The standard InChI is InChI=1S/C15H13BrF3NO2S/c16-13-6-5-12(23-13)14(21)20-7-10-1-3-11(4-2-10)8-22-9-15(17,18)19/h1-6H,7-9H2,(H,20,21). The Kier molecular flexibility index (Phi) is 6.20. The summed E-state index contributed by atoms with van der Waals surface area (Å²) >= 11 is 4.63. The SMILES string of the molecule is O=C(NCc1ccc(COCC(F)(F)F)cc1)c1ccc(Br)s1. The first-order valence-electron chi connectivity index (χ1n) is 6.59. The first-order chi connectivity index (χ1) is 10.8. The monoisotopic (exact) mass is 407 g/mol. The molecule has 23 heavy (non-hydrogen) atoms. The highest BCUT2D eigenvalue weighted by atomic mass is 79.9. The second-order valence-electron chi connectivity index (χ2n) is 4.71. The Morgan fingerprint density at radius 3 is 2.35 bits per heavy atom. The van der Waals surface area contributed by atoms with Gasteiger partial charge in [-0.15, -0.1) is 11.3 Å². The zero-order valence-electron chi connectivity index (χ0n) is 11.8. The fourth-order valence-corrected chi connectivity index (χ4v) is 3.05. The molecule has 1 amide bonds. The van der Waals surface area contributed by atoms with Crippen molar-refractivity contribution in [2.75, 3.05) is 6.61 Å². The molecule has 0 fully saturated rings. The Hall–Kier alpha value is -1.38. The molecule has 0 unspecified atom stereocenters. The van der Waals surface area contributed by atoms with Gasteiger partial charge in [0.05, 0.1) is 15.3 Å². The van der Waals surface area contributed by atoms with E-state index < -0.39 is 12.8 Å². The molecule has 1 N–H and O–H groups in total. The molecule has 1 aromatic carbocycles. The highest BCUT2D eigenvalue weighted by Gasteiger charge is 2.27. The van der Waals surface area contributed by atoms with Gasteiger partial charge in [-0.05, 0) is 39.2 Å². The molecule has 1 heterocycles. The number of carbonyl (C=O) groups excluding carboxylic acids is 1. The van der Waals surface area contributed by atoms with E-state index in [4.69, 9.17) is 0 Å². The fourth-order valence-electron chi connectivity index (χ4n) is 1.74. The van der Waals surface area contributed by atoms with Crippen molar-refractivity contribution in [3.63, 3.8) is 0 Å². The van der Waals surface area contributed by atoms with E-state index in [1.165, 1.54) is 11.3 Å². The maximum Gasteiger partial charge on any atom is 0.411 e. The Morgan fingerprint density at radius 1 is 1.13 bits per heavy atom. The van der Waals surface area contributed by atoms with E-state index in [0.29, 0.717) is 17.0 Å². The van der Waals surface area contributed by atoms with Gasteiger partial charge in [-0.3, -0.25) is 4.79 Å². The van der Waals surface area contributed by atoms with Crippen molar-refractivity contribution in [2.24, 2.45) is 0 Å². The second kappa shape index (κ2) is 7.94. The molecule has 124 valence electrons. The molecule has 0 bridgehead atoms. The molecule has 2 rings (SSSR count). The van der Waals surface area contributed by atoms with Gasteiger partial charge < -0.3 is 10.1 Å². The van der Waals surface area contributed by atoms with Crippen LogP contribution in [-0.2, 0) is 17.9 Å². The van der Waals surface area contributed by atoms with Gasteiger partial charge in [-0.1, -0.05) is 24.3 Å². The quantitative estimate of drug-likeness (QED) is 0.764. The summed E-state index contributed by atoms with van der Waals surface area (Å²) in [6.07, 6.45) is -4.32. The molecule has 3 nitrogen and oxygen atoms in total. The minimum atomic E-state index is -4.32. The molecular weight excluding hydrogens is 395 g/mol. The van der Waals surface area contributed by atoms with Crippen molar-refractivity contribution in [1.82, 2.24) is 5.32 Å². The number of rotatable bonds is 6. The van der Waals surface area contributed by atoms with Crippen molar-refractivity contribution in [1.29, 1.82) is 0 Å². The molecule has 1 aromatic heterocycles. The lowest BCUT2D eigenvalue weighted by atomic mass is 10.1. The molecule has 0 aliphatic rings. The number of hydrogen-bond donors (Lipinski definition) is 1. The molecule has 0 radical (unpaired) electrons. The third-order valence-electron chi connectivity index (χ3n) is 2.81. The molecule has 0 aliphatic heterocycles. The maximum atomic E-state index is 12.0. The van der Waals surface area contributed by atoms with Gasteiger partial charge in [0.15, 0.2) is 0 Å². The first kappa shape index (κ1) is 18.0. The largest absolute Gasteiger partial charge is 0.411 e. The molecule has 0 atom stereocenters. The number of nitrogens with one attached hydrogen (secondary N) is 1. The maximum absolute atomic E-state index is 12.0. The normalized spacial score (nSPS) is 11.5. The summed E-state index contributed by atoms with van der Waals surface area (Å²) in [5.41, 5.74) is 1.50. The van der Waals surface area contributed by atoms with Gasteiger partial charge in [0.25, 0.3) is 5.91 Å². The highest BCUT2D eigenvalue weighted by molar-refractivity contribution is 9.11. The van der Waals surface area contributed by atoms with Gasteiger partial charge in [-0.25, -0.2) is 0 Å². The van der Waals surface area contributed by atoms with Gasteiger partial charge >= 0.3 is 6.18 Å². The Bertz CT molecular complexity index is 655. The van der Waals surface area contributed by atoms with Gasteiger partial charge in [-0.2, -0.15) is 13.2 Å². The van der Waals surface area contributed by atoms with Crippen LogP contribution in [0.5, 0.6) is 0 Å². The molecule has 8 heteroatoms. The van der Waals surface area contributed by atoms with Crippen LogP contribution in [-0.4, -0.2) is 18.7 Å². The summed E-state index contributed by atoms with van der Waals surface area (Å²) in [6, 6.07) is 10.4. The van der Waals surface area contributed by atoms with Crippen molar-refractivity contribution >= 4 is 33.2 Å². The predicted molar refractivity (Wildman–Crippen MR) is 85.3 cm³/mol. The predicted octanol–water partition coefficient (Wildman–Crippen LogP) is 4.52. The number of thiophene rings is 1. The summed E-state index contributed by atoms with van der Waals surface area (Å²) in [7, 11) is 0. The molecule has 0 saturated carbocycles. The molecular formula is C15H13BrF3NO2S. The molecule has 0 aliphatic carbocycles. The fraction of sp³-hybridized carbons (Fsp3) is 0.267. The van der Waals surface area contributed by atoms with E-state index in [1.54, 1.807) is 36.4 Å². The summed E-state index contributed by atoms with van der Waals surface area (Å²) in [4.78, 5) is 12.5. The smallest absolute Gasteiger partial charge is 0.367 e. The summed E-state index contributed by atoms with van der Waals surface area (Å²) in [6.45, 7) is -1.02. The number of benzene rings is 1. The van der Waals surface area contributed by atoms with Crippen LogP contribution in [0.15, 0.2) is 40.2 Å². The first-order valence-corrected chi connectivity index (χ1v) is 8.20. The van der Waals surface area contributed by atoms with Crippen LogP contribution in [0, 0.1) is 0 Å². The van der Waals surface area contributed by atoms with Crippen molar-refractivity contribution < 1.29 is 22.7 Å². The Morgan fingerprint density at radius 2 is 1.78 bits per heavy atom. The van der Waals surface area contributed by atoms with Crippen molar-refractivity contribution in [2.45, 2.75) is 19.3 Å². The van der Waals surface area contributed by atoms with Crippen LogP contribution >= 0.6 is 27.3 Å². The van der Waals surface area contributed by atoms with E-state index in [-0.39, 0.29) is 12.5 Å². The van der Waals surface area contributed by atoms with Crippen LogP contribution in [0.3, 0.4) is 0 Å². The second-order valence-corrected chi connectivity index (χ2v) is 7.17. The Labute approximate surface area is 143 Å². The van der Waals surface area contributed by atoms with E-state index in [9.17, 15) is 18.0 Å². The average Bonchev–Trinajstić information content (AvgIpc) is 2.91. The summed E-state index contributed by atoms with van der Waals surface area (Å²) in [5, 5.41) is 2.78. The average molecular weight is 408 g/mol. The van der Waals surface area contributed by atoms with Crippen LogP contribution in [0.2, 0.25) is 0 Å². The van der Waals surface area contributed by atoms with E-state index in [2.05, 4.69) is 26.0 Å². The lowest BCUT2D eigenvalue weighted by Gasteiger charge is -2.08. The van der Waals surface area contributed by atoms with Crippen LogP contribution in [0.4, 0.5) is 13.2 Å². The molecule has 2 aromatic rings. The summed E-state index contributed by atoms with van der Waals surface area (Å²) < 4.78 is 41.4. The minimum absolute atomic E-state index is 0.102. The molecule has 0 spiro atoms. The number of amides is 1. The Balaban J connectivity index is 1.79. The number of alkyl halides is 3. The van der Waals surface area contributed by atoms with Gasteiger partial charge in [0, 0.05) is 6.54 Å². The van der Waals surface area contributed by atoms with Crippen LogP contribution in [0.1, 0.15) is 20.8 Å². The highest BCUT2D eigenvalue weighted by Crippen LogP contribution is 2.22.